The first-order valence-electron chi connectivity index (χ1n) is 9.69. The van der Waals surface area contributed by atoms with E-state index in [-0.39, 0.29) is 16.9 Å². The molecule has 0 aliphatic carbocycles. The summed E-state index contributed by atoms with van der Waals surface area (Å²) in [5, 5.41) is 0.767. The smallest absolute Gasteiger partial charge is 0.329 e. The van der Waals surface area contributed by atoms with Gasteiger partial charge in [-0.1, -0.05) is 37.3 Å². The van der Waals surface area contributed by atoms with Crippen molar-refractivity contribution < 1.29 is 23.9 Å². The summed E-state index contributed by atoms with van der Waals surface area (Å²) in [6.45, 7) is 2.96. The zero-order chi connectivity index (χ0) is 21.4. The van der Waals surface area contributed by atoms with E-state index in [1.54, 1.807) is 30.5 Å². The van der Waals surface area contributed by atoms with Crippen LogP contribution in [0.25, 0.3) is 10.9 Å². The van der Waals surface area contributed by atoms with Crippen LogP contribution in [0.15, 0.2) is 48.7 Å². The Kier molecular flexibility index (Phi) is 4.95. The molecule has 0 saturated heterocycles. The lowest BCUT2D eigenvalue weighted by Gasteiger charge is -2.20. The van der Waals surface area contributed by atoms with Gasteiger partial charge >= 0.3 is 5.97 Å². The number of aryl methyl sites for hydroxylation is 1. The molecule has 1 aliphatic heterocycles. The Morgan fingerprint density at radius 1 is 1.03 bits per heavy atom. The lowest BCUT2D eigenvalue weighted by molar-refractivity contribution is -0.146. The van der Waals surface area contributed by atoms with E-state index in [2.05, 4.69) is 4.98 Å². The van der Waals surface area contributed by atoms with E-state index in [4.69, 9.17) is 4.74 Å². The molecule has 0 spiro atoms. The number of rotatable bonds is 6. The minimum absolute atomic E-state index is 0.253. The largest absolute Gasteiger partial charge is 0.456 e. The standard InChI is InChI=1S/C23H20N2O5/c1-3-14-7-6-10-15-18(11-24-20(14)15)19(26)12-30-23(29)13(2)25-21(27)16-8-4-5-9-17(16)22(25)28/h4-11,13,24H,3,12H2,1-2H3. The minimum atomic E-state index is -1.14. The fourth-order valence-corrected chi connectivity index (χ4v) is 3.74. The molecular weight excluding hydrogens is 384 g/mol. The number of nitrogens with one attached hydrogen (secondary N) is 1. The minimum Gasteiger partial charge on any atom is -0.456 e. The molecule has 0 bridgehead atoms. The van der Waals surface area contributed by atoms with Crippen LogP contribution in [0, 0.1) is 0 Å². The molecule has 0 fully saturated rings. The third kappa shape index (κ3) is 3.08. The predicted octanol–water partition coefficient (Wildman–Crippen LogP) is 3.14. The molecule has 0 radical (unpaired) electrons. The van der Waals surface area contributed by atoms with Crippen LogP contribution in [0.3, 0.4) is 0 Å². The molecular formula is C23H20N2O5. The summed E-state index contributed by atoms with van der Waals surface area (Å²) in [6, 6.07) is 10.9. The molecule has 152 valence electrons. The molecule has 0 saturated carbocycles. The maximum atomic E-state index is 12.6. The summed E-state index contributed by atoms with van der Waals surface area (Å²) >= 11 is 0. The van der Waals surface area contributed by atoms with Crippen LogP contribution in [0.2, 0.25) is 0 Å². The second kappa shape index (κ2) is 7.59. The lowest BCUT2D eigenvalue weighted by atomic mass is 10.1. The highest BCUT2D eigenvalue weighted by molar-refractivity contribution is 6.22. The highest BCUT2D eigenvalue weighted by Crippen LogP contribution is 2.25. The van der Waals surface area contributed by atoms with Crippen LogP contribution in [-0.2, 0) is 16.0 Å². The first-order chi connectivity index (χ1) is 14.4. The van der Waals surface area contributed by atoms with Crippen molar-refractivity contribution in [2.45, 2.75) is 26.3 Å². The third-order valence-corrected chi connectivity index (χ3v) is 5.38. The number of imide groups is 1. The van der Waals surface area contributed by atoms with Gasteiger partial charge in [0.2, 0.25) is 5.78 Å². The molecule has 2 heterocycles. The number of para-hydroxylation sites is 1. The van der Waals surface area contributed by atoms with Crippen molar-refractivity contribution in [3.63, 3.8) is 0 Å². The molecule has 7 nitrogen and oxygen atoms in total. The van der Waals surface area contributed by atoms with Gasteiger partial charge in [0.1, 0.15) is 6.04 Å². The van der Waals surface area contributed by atoms with E-state index in [9.17, 15) is 19.2 Å². The average Bonchev–Trinajstić information content (AvgIpc) is 3.31. The van der Waals surface area contributed by atoms with Crippen LogP contribution in [-0.4, -0.2) is 46.1 Å². The number of esters is 1. The van der Waals surface area contributed by atoms with Crippen LogP contribution in [0.1, 0.15) is 50.5 Å². The van der Waals surface area contributed by atoms with Gasteiger partial charge in [-0.2, -0.15) is 0 Å². The van der Waals surface area contributed by atoms with Gasteiger partial charge in [0.15, 0.2) is 6.61 Å². The van der Waals surface area contributed by atoms with Crippen molar-refractivity contribution in [3.8, 4) is 0 Å². The van der Waals surface area contributed by atoms with Crippen molar-refractivity contribution in [2.24, 2.45) is 0 Å². The number of ether oxygens (including phenoxy) is 1. The Balaban J connectivity index is 1.46. The molecule has 1 aromatic heterocycles. The number of hydrogen-bond donors (Lipinski definition) is 1. The summed E-state index contributed by atoms with van der Waals surface area (Å²) in [5.74, 6) is -2.27. The number of H-pyrrole nitrogens is 1. The van der Waals surface area contributed by atoms with Crippen LogP contribution in [0.5, 0.6) is 0 Å². The molecule has 2 aromatic carbocycles. The summed E-state index contributed by atoms with van der Waals surface area (Å²) in [6.07, 6.45) is 2.42. The van der Waals surface area contributed by atoms with E-state index < -0.39 is 30.4 Å². The van der Waals surface area contributed by atoms with Crippen molar-refractivity contribution >= 4 is 34.5 Å². The fourth-order valence-electron chi connectivity index (χ4n) is 3.74. The molecule has 4 rings (SSSR count). The van der Waals surface area contributed by atoms with Crippen molar-refractivity contribution in [1.29, 1.82) is 0 Å². The van der Waals surface area contributed by atoms with Gasteiger partial charge in [-0.05, 0) is 31.0 Å². The summed E-state index contributed by atoms with van der Waals surface area (Å²) in [4.78, 5) is 54.1. The molecule has 3 aromatic rings. The van der Waals surface area contributed by atoms with Gasteiger partial charge in [0.25, 0.3) is 11.8 Å². The van der Waals surface area contributed by atoms with E-state index in [0.717, 1.165) is 27.8 Å². The Morgan fingerprint density at radius 3 is 2.33 bits per heavy atom. The number of fused-ring (bicyclic) bond motifs is 2. The van der Waals surface area contributed by atoms with E-state index in [1.807, 2.05) is 25.1 Å². The Labute approximate surface area is 172 Å². The van der Waals surface area contributed by atoms with E-state index in [0.29, 0.717) is 5.56 Å². The zero-order valence-corrected chi connectivity index (χ0v) is 16.6. The maximum absolute atomic E-state index is 12.6. The van der Waals surface area contributed by atoms with Gasteiger partial charge < -0.3 is 9.72 Å². The first kappa shape index (κ1) is 19.6. The Hall–Kier alpha value is -3.74. The second-order valence-electron chi connectivity index (χ2n) is 7.13. The lowest BCUT2D eigenvalue weighted by Crippen LogP contribution is -2.44. The molecule has 1 atom stereocenters. The molecule has 1 unspecified atom stereocenters. The topological polar surface area (TPSA) is 96.5 Å². The number of Topliss-reactive ketones (excluding diaryl/α,β-unsaturated/α-hetero) is 1. The van der Waals surface area contributed by atoms with Crippen molar-refractivity contribution in [1.82, 2.24) is 9.88 Å². The molecule has 1 aliphatic rings. The number of hydrogen-bond acceptors (Lipinski definition) is 5. The number of carbonyl (C=O) groups excluding carboxylic acids is 4. The summed E-state index contributed by atoms with van der Waals surface area (Å²) in [7, 11) is 0. The number of nitrogens with zero attached hydrogens (tertiary/aromatic N) is 1. The SMILES string of the molecule is CCc1cccc2c(C(=O)COC(=O)C(C)N3C(=O)c4ccccc4C3=O)c[nH]c12. The van der Waals surface area contributed by atoms with Gasteiger partial charge in [-0.25, -0.2) is 4.79 Å². The van der Waals surface area contributed by atoms with Crippen LogP contribution >= 0.6 is 0 Å². The highest BCUT2D eigenvalue weighted by Gasteiger charge is 2.41. The number of benzene rings is 2. The maximum Gasteiger partial charge on any atom is 0.329 e. The quantitative estimate of drug-likeness (QED) is 0.387. The number of carbonyl (C=O) groups is 4. The third-order valence-electron chi connectivity index (χ3n) is 5.38. The molecule has 30 heavy (non-hydrogen) atoms. The summed E-state index contributed by atoms with van der Waals surface area (Å²) in [5.41, 5.74) is 2.91. The first-order valence-corrected chi connectivity index (χ1v) is 9.69. The Bertz CT molecular complexity index is 1160. The van der Waals surface area contributed by atoms with Gasteiger partial charge in [0, 0.05) is 22.7 Å². The van der Waals surface area contributed by atoms with Crippen molar-refractivity contribution in [3.05, 3.63) is 70.9 Å². The fraction of sp³-hybridized carbons (Fsp3) is 0.217. The zero-order valence-electron chi connectivity index (χ0n) is 16.6. The number of amides is 2. The predicted molar refractivity (Wildman–Crippen MR) is 109 cm³/mol. The monoisotopic (exact) mass is 404 g/mol. The van der Waals surface area contributed by atoms with Gasteiger partial charge in [-0.3, -0.25) is 19.3 Å². The molecule has 1 N–H and O–H groups in total. The number of ketones is 1. The molecule has 7 heteroatoms. The molecule has 2 amide bonds. The van der Waals surface area contributed by atoms with E-state index in [1.165, 1.54) is 6.92 Å². The number of aromatic amines is 1. The van der Waals surface area contributed by atoms with Crippen LogP contribution < -0.4 is 0 Å². The van der Waals surface area contributed by atoms with Crippen molar-refractivity contribution in [2.75, 3.05) is 6.61 Å². The normalized spacial score (nSPS) is 14.1. The average molecular weight is 404 g/mol. The Morgan fingerprint density at radius 2 is 1.70 bits per heavy atom. The second-order valence-corrected chi connectivity index (χ2v) is 7.13. The number of aromatic nitrogens is 1. The highest BCUT2D eigenvalue weighted by atomic mass is 16.5. The van der Waals surface area contributed by atoms with Gasteiger partial charge in [0.05, 0.1) is 11.1 Å². The van der Waals surface area contributed by atoms with E-state index >= 15 is 0 Å². The summed E-state index contributed by atoms with van der Waals surface area (Å²) < 4.78 is 5.15. The van der Waals surface area contributed by atoms with Gasteiger partial charge in [-0.15, -0.1) is 0 Å². The van der Waals surface area contributed by atoms with Crippen LogP contribution in [0.4, 0.5) is 0 Å².